The Morgan fingerprint density at radius 3 is 2.97 bits per heavy atom. The first kappa shape index (κ1) is 26.6. The van der Waals surface area contributed by atoms with E-state index >= 15 is 0 Å². The van der Waals surface area contributed by atoms with Gasteiger partial charge >= 0.3 is 5.97 Å². The van der Waals surface area contributed by atoms with Gasteiger partial charge in [0, 0.05) is 11.3 Å². The number of hydrogen-bond acceptors (Lipinski definition) is 10. The molecule has 3 atom stereocenters. The van der Waals surface area contributed by atoms with Gasteiger partial charge in [-0.3, -0.25) is 19.3 Å². The number of aldehydes is 1. The number of halogens is 1. The first-order valence-electron chi connectivity index (χ1n) is 11.5. The molecule has 0 spiro atoms. The number of carboxylic acids is 1. The lowest BCUT2D eigenvalue weighted by atomic mass is 10.0. The van der Waals surface area contributed by atoms with E-state index < -0.39 is 41.0 Å². The molecule has 0 aliphatic carbocycles. The second kappa shape index (κ2) is 10.7. The molecule has 16 heteroatoms. The van der Waals surface area contributed by atoms with Crippen molar-refractivity contribution >= 4 is 80.6 Å². The lowest BCUT2D eigenvalue weighted by molar-refractivity contribution is -0.664. The Morgan fingerprint density at radius 1 is 1.49 bits per heavy atom. The quantitative estimate of drug-likeness (QED) is 0.0924. The van der Waals surface area contributed by atoms with Gasteiger partial charge < -0.3 is 21.0 Å². The Labute approximate surface area is 233 Å². The number of carboxylic acid groups (broad SMARTS) is 1. The molecule has 3 aromatic rings. The zero-order valence-corrected chi connectivity index (χ0v) is 22.5. The Hall–Kier alpha value is -3.95. The number of H-pyrrole nitrogens is 1. The molecular weight excluding hydrogens is 570 g/mol. The third-order valence-electron chi connectivity index (χ3n) is 6.13. The summed E-state index contributed by atoms with van der Waals surface area (Å²) in [5, 5.41) is 15.9. The molecule has 5 heterocycles. The molecule has 0 bridgehead atoms. The van der Waals surface area contributed by atoms with E-state index in [1.807, 2.05) is 35.2 Å². The number of carbonyl (C=O) groups is 4. The number of nitrogens with zero attached hydrogens (tertiary/aromatic N) is 4. The lowest BCUT2D eigenvalue weighted by Crippen LogP contribution is -2.70. The summed E-state index contributed by atoms with van der Waals surface area (Å²) in [6.45, 7) is 1.62. The first-order chi connectivity index (χ1) is 18.7. The molecule has 0 radical (unpaired) electrons. The van der Waals surface area contributed by atoms with Crippen LogP contribution in [0, 0.1) is 0 Å². The molecule has 1 fully saturated rings. The van der Waals surface area contributed by atoms with Gasteiger partial charge in [-0.2, -0.15) is 0 Å². The number of nitrogens with two attached hydrogens (primary N) is 1. The largest absolute Gasteiger partial charge is 0.478 e. The third-order valence-corrected chi connectivity index (χ3v) is 8.55. The fraction of sp³-hybridized carbons (Fsp3) is 0.261. The number of nitrogen functional groups attached to an aromatic ring is 1. The highest BCUT2D eigenvalue weighted by Gasteiger charge is 2.53. The topological polar surface area (TPSA) is 184 Å². The highest BCUT2D eigenvalue weighted by Crippen LogP contribution is 2.39. The van der Waals surface area contributed by atoms with E-state index in [1.165, 1.54) is 23.6 Å². The van der Waals surface area contributed by atoms with Crippen molar-refractivity contribution in [1.82, 2.24) is 20.2 Å². The van der Waals surface area contributed by atoms with Crippen LogP contribution in [0.2, 0.25) is 4.34 Å². The number of nitrogens with one attached hydrogen (secondary N) is 2. The molecule has 3 aromatic heterocycles. The van der Waals surface area contributed by atoms with Crippen molar-refractivity contribution in [3.05, 3.63) is 51.9 Å². The summed E-state index contributed by atoms with van der Waals surface area (Å²) in [6.07, 6.45) is 2.99. The monoisotopic (exact) mass is 590 g/mol. The van der Waals surface area contributed by atoms with Crippen LogP contribution < -0.4 is 15.6 Å². The number of aromatic amines is 1. The van der Waals surface area contributed by atoms with Crippen molar-refractivity contribution in [3.8, 4) is 0 Å². The van der Waals surface area contributed by atoms with Crippen molar-refractivity contribution in [3.63, 3.8) is 0 Å². The van der Waals surface area contributed by atoms with E-state index in [9.17, 15) is 19.2 Å². The number of thiazole rings is 1. The van der Waals surface area contributed by atoms with Gasteiger partial charge in [-0.25, -0.2) is 19.3 Å². The fourth-order valence-corrected chi connectivity index (χ4v) is 6.46. The number of fused-ring (bicyclic) bond motifs is 2. The predicted octanol–water partition coefficient (Wildman–Crippen LogP) is 0.894. The van der Waals surface area contributed by atoms with Crippen LogP contribution in [-0.4, -0.2) is 73.0 Å². The zero-order valence-electron chi connectivity index (χ0n) is 20.2. The van der Waals surface area contributed by atoms with Crippen LogP contribution in [0.3, 0.4) is 0 Å². The van der Waals surface area contributed by atoms with Gasteiger partial charge in [0.1, 0.15) is 28.0 Å². The van der Waals surface area contributed by atoms with Crippen LogP contribution in [0.25, 0.3) is 11.0 Å². The SMILES string of the molecule is C[C@H](O/N=C(\C(=O)NC1C(=O)N2C(C=O)=C(C[n+]3cccc4cc[nH]c43)CSC12)c1nc(N)sc1Cl)C(=O)O. The molecule has 2 aliphatic heterocycles. The number of allylic oxidation sites excluding steroid dienone is 1. The van der Waals surface area contributed by atoms with E-state index in [2.05, 4.69) is 20.4 Å². The summed E-state index contributed by atoms with van der Waals surface area (Å²) >= 11 is 8.44. The fourth-order valence-electron chi connectivity index (χ4n) is 4.18. The molecular formula is C23H21ClN7O6S2+. The van der Waals surface area contributed by atoms with Crippen molar-refractivity contribution in [2.75, 3.05) is 11.5 Å². The van der Waals surface area contributed by atoms with Crippen LogP contribution in [0.5, 0.6) is 0 Å². The normalized spacial score (nSPS) is 19.9. The van der Waals surface area contributed by atoms with E-state index in [0.717, 1.165) is 27.9 Å². The van der Waals surface area contributed by atoms with Crippen molar-refractivity contribution in [2.24, 2.45) is 5.16 Å². The maximum atomic E-state index is 13.2. The van der Waals surface area contributed by atoms with Crippen LogP contribution in [0.4, 0.5) is 5.13 Å². The molecule has 5 rings (SSSR count). The molecule has 39 heavy (non-hydrogen) atoms. The Kier molecular flexibility index (Phi) is 7.29. The number of rotatable bonds is 9. The molecule has 0 saturated carbocycles. The minimum atomic E-state index is -1.37. The average Bonchev–Trinajstić information content (AvgIpc) is 3.53. The molecule has 0 aromatic carbocycles. The predicted molar refractivity (Wildman–Crippen MR) is 143 cm³/mol. The highest BCUT2D eigenvalue weighted by atomic mass is 35.5. The number of pyridine rings is 1. The van der Waals surface area contributed by atoms with Gasteiger partial charge in [0.05, 0.1) is 23.5 Å². The van der Waals surface area contributed by atoms with E-state index in [1.54, 1.807) is 0 Å². The Morgan fingerprint density at radius 2 is 2.28 bits per heavy atom. The number of carbonyl (C=O) groups excluding carboxylic acids is 3. The number of hydrogen-bond donors (Lipinski definition) is 4. The summed E-state index contributed by atoms with van der Waals surface area (Å²) in [4.78, 5) is 63.0. The smallest absolute Gasteiger partial charge is 0.347 e. The lowest BCUT2D eigenvalue weighted by Gasteiger charge is -2.49. The van der Waals surface area contributed by atoms with Gasteiger partial charge in [0.25, 0.3) is 17.5 Å². The average molecular weight is 591 g/mol. The van der Waals surface area contributed by atoms with Crippen molar-refractivity contribution in [2.45, 2.75) is 31.0 Å². The molecule has 1 saturated heterocycles. The minimum absolute atomic E-state index is 0.0342. The van der Waals surface area contributed by atoms with Crippen LogP contribution in [0.15, 0.2) is 47.0 Å². The number of aromatic nitrogens is 3. The Bertz CT molecular complexity index is 1570. The molecule has 13 nitrogen and oxygen atoms in total. The first-order valence-corrected chi connectivity index (χ1v) is 13.7. The summed E-state index contributed by atoms with van der Waals surface area (Å²) in [6, 6.07) is 4.83. The Balaban J connectivity index is 1.36. The number of aliphatic carboxylic acids is 1. The van der Waals surface area contributed by atoms with Crippen molar-refractivity contribution in [1.29, 1.82) is 0 Å². The molecule has 2 aliphatic rings. The maximum Gasteiger partial charge on any atom is 0.347 e. The van der Waals surface area contributed by atoms with Crippen molar-refractivity contribution < 1.29 is 33.7 Å². The number of amides is 2. The molecule has 2 unspecified atom stereocenters. The zero-order chi connectivity index (χ0) is 27.8. The van der Waals surface area contributed by atoms with Gasteiger partial charge in [-0.05, 0) is 25.1 Å². The molecule has 202 valence electrons. The molecule has 5 N–H and O–H groups in total. The summed E-state index contributed by atoms with van der Waals surface area (Å²) in [5.74, 6) is -2.20. The van der Waals surface area contributed by atoms with Crippen LogP contribution in [0.1, 0.15) is 12.6 Å². The van der Waals surface area contributed by atoms with Gasteiger partial charge in [0.2, 0.25) is 6.10 Å². The maximum absolute atomic E-state index is 13.2. The summed E-state index contributed by atoms with van der Waals surface area (Å²) in [5.41, 5.74) is 7.05. The van der Waals surface area contributed by atoms with Crippen LogP contribution >= 0.6 is 34.7 Å². The number of β-lactam (4-membered cyclic amide) rings is 1. The van der Waals surface area contributed by atoms with Crippen LogP contribution in [-0.2, 0) is 30.6 Å². The second-order valence-corrected chi connectivity index (χ2v) is 11.3. The third kappa shape index (κ3) is 4.95. The highest BCUT2D eigenvalue weighted by molar-refractivity contribution is 8.00. The van der Waals surface area contributed by atoms with Gasteiger partial charge in [0.15, 0.2) is 17.1 Å². The second-order valence-electron chi connectivity index (χ2n) is 8.59. The van der Waals surface area contributed by atoms with E-state index in [-0.39, 0.29) is 20.9 Å². The summed E-state index contributed by atoms with van der Waals surface area (Å²) in [7, 11) is 0. The minimum Gasteiger partial charge on any atom is -0.478 e. The molecule has 2 amide bonds. The standard InChI is InChI=1S/C23H20ClN7O6S2/c1-10(22(35)36)37-29-15(14-17(24)39-23(25)28-14)19(33)27-16-20(34)31-13(8-32)12(9-38-21(16)31)7-30-6-2-3-11-4-5-26-18(11)30/h2-6,8,10,16,21H,7,9H2,1H3,(H4,25,27,28,33,35,36)/p+1/b29-15-/t10-,16?,21?/m0/s1. The van der Waals surface area contributed by atoms with Gasteiger partial charge in [-0.15, -0.1) is 11.8 Å². The van der Waals surface area contributed by atoms with E-state index in [0.29, 0.717) is 18.6 Å². The van der Waals surface area contributed by atoms with E-state index in [4.69, 9.17) is 27.3 Å². The van der Waals surface area contributed by atoms with Gasteiger partial charge in [-0.1, -0.05) is 28.1 Å². The summed E-state index contributed by atoms with van der Waals surface area (Å²) < 4.78 is 2.00. The number of anilines is 1. The number of thioether (sulfide) groups is 1. The number of oxime groups is 1.